The van der Waals surface area contributed by atoms with E-state index in [1.54, 1.807) is 16.7 Å². The Hall–Kier alpha value is -0.820. The van der Waals surface area contributed by atoms with E-state index < -0.39 is 0 Å². The van der Waals surface area contributed by atoms with Crippen LogP contribution in [0.1, 0.15) is 114 Å². The van der Waals surface area contributed by atoms with E-state index in [9.17, 15) is 5.11 Å². The molecule has 1 aliphatic rings. The van der Waals surface area contributed by atoms with Crippen molar-refractivity contribution < 1.29 is 5.11 Å². The van der Waals surface area contributed by atoms with Gasteiger partial charge in [-0.05, 0) is 71.1 Å². The summed E-state index contributed by atoms with van der Waals surface area (Å²) in [5, 5.41) is 10.1. The lowest BCUT2D eigenvalue weighted by atomic mass is 9.71. The zero-order valence-electron chi connectivity index (χ0n) is 16.2. The molecule has 2 rings (SSSR count). The molecule has 0 radical (unpaired) electrons. The van der Waals surface area contributed by atoms with Gasteiger partial charge < -0.3 is 5.11 Å². The SMILES string of the molecule is CC(C)c1cc(C(C)C)c(C2CCC(O)C(C)C2)c(C(C)C)c1. The minimum atomic E-state index is -0.105. The minimum Gasteiger partial charge on any atom is -0.393 e. The van der Waals surface area contributed by atoms with E-state index in [4.69, 9.17) is 0 Å². The summed E-state index contributed by atoms with van der Waals surface area (Å²) in [6, 6.07) is 4.93. The Kier molecular flexibility index (Phi) is 5.94. The molecule has 1 fully saturated rings. The summed E-state index contributed by atoms with van der Waals surface area (Å²) in [6.45, 7) is 16.1. The van der Waals surface area contributed by atoms with Crippen LogP contribution in [0.4, 0.5) is 0 Å². The lowest BCUT2D eigenvalue weighted by Crippen LogP contribution is -2.27. The summed E-state index contributed by atoms with van der Waals surface area (Å²) in [5.41, 5.74) is 6.19. The normalized spacial score (nSPS) is 25.6. The van der Waals surface area contributed by atoms with Gasteiger partial charge in [-0.3, -0.25) is 0 Å². The highest BCUT2D eigenvalue weighted by atomic mass is 16.3. The zero-order chi connectivity index (χ0) is 17.3. The maximum atomic E-state index is 10.1. The molecule has 23 heavy (non-hydrogen) atoms. The van der Waals surface area contributed by atoms with Crippen LogP contribution in [-0.4, -0.2) is 11.2 Å². The third-order valence-electron chi connectivity index (χ3n) is 5.71. The molecule has 1 aliphatic carbocycles. The number of rotatable bonds is 4. The highest BCUT2D eigenvalue weighted by molar-refractivity contribution is 5.46. The van der Waals surface area contributed by atoms with Crippen molar-refractivity contribution in [2.24, 2.45) is 5.92 Å². The van der Waals surface area contributed by atoms with Crippen LogP contribution < -0.4 is 0 Å². The summed E-state index contributed by atoms with van der Waals surface area (Å²) in [6.07, 6.45) is 3.10. The van der Waals surface area contributed by atoms with Crippen LogP contribution in [-0.2, 0) is 0 Å². The second-order valence-corrected chi connectivity index (χ2v) is 8.63. The van der Waals surface area contributed by atoms with Crippen molar-refractivity contribution in [3.05, 3.63) is 34.4 Å². The van der Waals surface area contributed by atoms with Crippen LogP contribution in [0.25, 0.3) is 0 Å². The molecule has 1 saturated carbocycles. The molecule has 1 N–H and O–H groups in total. The topological polar surface area (TPSA) is 20.2 Å². The first-order chi connectivity index (χ1) is 10.7. The highest BCUT2D eigenvalue weighted by Gasteiger charge is 2.31. The Bertz CT molecular complexity index is 498. The largest absolute Gasteiger partial charge is 0.393 e. The standard InChI is InChI=1S/C22H36O/c1-13(2)18-11-19(14(3)4)22(20(12-18)15(5)6)17-8-9-21(23)16(7)10-17/h11-17,21,23H,8-10H2,1-7H3. The summed E-state index contributed by atoms with van der Waals surface area (Å²) in [5.74, 6) is 2.72. The molecular weight excluding hydrogens is 280 g/mol. The first-order valence-electron chi connectivity index (χ1n) is 9.58. The van der Waals surface area contributed by atoms with E-state index in [0.29, 0.717) is 29.6 Å². The summed E-state index contributed by atoms with van der Waals surface area (Å²) in [4.78, 5) is 0. The van der Waals surface area contributed by atoms with Gasteiger partial charge in [0.05, 0.1) is 6.10 Å². The summed E-state index contributed by atoms with van der Waals surface area (Å²) in [7, 11) is 0. The molecule has 1 heteroatoms. The average molecular weight is 317 g/mol. The molecule has 130 valence electrons. The Morgan fingerprint density at radius 3 is 1.78 bits per heavy atom. The molecule has 0 spiro atoms. The lowest BCUT2D eigenvalue weighted by molar-refractivity contribution is 0.0709. The van der Waals surface area contributed by atoms with E-state index in [1.807, 2.05) is 0 Å². The molecule has 0 heterocycles. The molecule has 0 aromatic heterocycles. The molecule has 1 aromatic rings. The highest BCUT2D eigenvalue weighted by Crippen LogP contribution is 2.43. The summed E-state index contributed by atoms with van der Waals surface area (Å²) < 4.78 is 0. The second kappa shape index (κ2) is 7.38. The van der Waals surface area contributed by atoms with Crippen molar-refractivity contribution in [2.75, 3.05) is 0 Å². The lowest BCUT2D eigenvalue weighted by Gasteiger charge is -2.35. The van der Waals surface area contributed by atoms with E-state index in [2.05, 4.69) is 60.6 Å². The quantitative estimate of drug-likeness (QED) is 0.689. The van der Waals surface area contributed by atoms with Crippen molar-refractivity contribution in [1.82, 2.24) is 0 Å². The van der Waals surface area contributed by atoms with Gasteiger partial charge in [-0.25, -0.2) is 0 Å². The first-order valence-corrected chi connectivity index (χ1v) is 9.58. The Balaban J connectivity index is 2.55. The Labute approximate surface area is 143 Å². The van der Waals surface area contributed by atoms with Crippen molar-refractivity contribution in [3.8, 4) is 0 Å². The maximum Gasteiger partial charge on any atom is 0.0566 e. The van der Waals surface area contributed by atoms with Crippen LogP contribution in [0.15, 0.2) is 12.1 Å². The van der Waals surface area contributed by atoms with E-state index in [-0.39, 0.29) is 6.10 Å². The molecule has 3 unspecified atom stereocenters. The van der Waals surface area contributed by atoms with E-state index in [1.165, 1.54) is 5.56 Å². The predicted molar refractivity (Wildman–Crippen MR) is 100 cm³/mol. The van der Waals surface area contributed by atoms with Crippen LogP contribution in [0, 0.1) is 5.92 Å². The van der Waals surface area contributed by atoms with Gasteiger partial charge in [-0.15, -0.1) is 0 Å². The van der Waals surface area contributed by atoms with Crippen molar-refractivity contribution in [1.29, 1.82) is 0 Å². The third-order valence-corrected chi connectivity index (χ3v) is 5.71. The van der Waals surface area contributed by atoms with Crippen LogP contribution >= 0.6 is 0 Å². The monoisotopic (exact) mass is 316 g/mol. The zero-order valence-corrected chi connectivity index (χ0v) is 16.2. The van der Waals surface area contributed by atoms with Gasteiger partial charge in [0.2, 0.25) is 0 Å². The molecule has 3 atom stereocenters. The maximum absolute atomic E-state index is 10.1. The molecule has 1 nitrogen and oxygen atoms in total. The number of benzene rings is 1. The van der Waals surface area contributed by atoms with Gasteiger partial charge >= 0.3 is 0 Å². The van der Waals surface area contributed by atoms with Crippen molar-refractivity contribution in [2.45, 2.75) is 97.5 Å². The second-order valence-electron chi connectivity index (χ2n) is 8.63. The number of hydrogen-bond donors (Lipinski definition) is 1. The smallest absolute Gasteiger partial charge is 0.0566 e. The summed E-state index contributed by atoms with van der Waals surface area (Å²) >= 11 is 0. The average Bonchev–Trinajstić information content (AvgIpc) is 2.48. The van der Waals surface area contributed by atoms with Gasteiger partial charge in [0.15, 0.2) is 0 Å². The fraction of sp³-hybridized carbons (Fsp3) is 0.727. The predicted octanol–water partition coefficient (Wildman–Crippen LogP) is 6.32. The first kappa shape index (κ1) is 18.5. The minimum absolute atomic E-state index is 0.105. The van der Waals surface area contributed by atoms with Gasteiger partial charge in [-0.1, -0.05) is 60.6 Å². The fourth-order valence-electron chi connectivity index (χ4n) is 4.13. The van der Waals surface area contributed by atoms with E-state index in [0.717, 1.165) is 19.3 Å². The van der Waals surface area contributed by atoms with Crippen molar-refractivity contribution >= 4 is 0 Å². The molecule has 0 bridgehead atoms. The van der Waals surface area contributed by atoms with E-state index >= 15 is 0 Å². The Morgan fingerprint density at radius 1 is 0.870 bits per heavy atom. The molecule has 0 aliphatic heterocycles. The van der Waals surface area contributed by atoms with Crippen LogP contribution in [0.3, 0.4) is 0 Å². The van der Waals surface area contributed by atoms with Gasteiger partial charge in [0.25, 0.3) is 0 Å². The van der Waals surface area contributed by atoms with Crippen LogP contribution in [0.5, 0.6) is 0 Å². The van der Waals surface area contributed by atoms with Crippen molar-refractivity contribution in [3.63, 3.8) is 0 Å². The van der Waals surface area contributed by atoms with Gasteiger partial charge in [0, 0.05) is 0 Å². The molecule has 1 aromatic carbocycles. The number of aliphatic hydroxyl groups excluding tert-OH is 1. The molecular formula is C22H36O. The Morgan fingerprint density at radius 2 is 1.39 bits per heavy atom. The van der Waals surface area contributed by atoms with Gasteiger partial charge in [0.1, 0.15) is 0 Å². The van der Waals surface area contributed by atoms with Crippen LogP contribution in [0.2, 0.25) is 0 Å². The molecule has 0 saturated heterocycles. The molecule has 0 amide bonds. The van der Waals surface area contributed by atoms with Gasteiger partial charge in [-0.2, -0.15) is 0 Å². The number of aliphatic hydroxyl groups is 1. The fourth-order valence-corrected chi connectivity index (χ4v) is 4.13. The third kappa shape index (κ3) is 3.99. The number of hydrogen-bond acceptors (Lipinski definition) is 1.